The van der Waals surface area contributed by atoms with Gasteiger partial charge in [0.15, 0.2) is 23.3 Å². The molecule has 0 saturated heterocycles. The summed E-state index contributed by atoms with van der Waals surface area (Å²) >= 11 is 0. The molecular formula is C48H52N8. The van der Waals surface area contributed by atoms with Crippen LogP contribution in [0.5, 0.6) is 0 Å². The maximum absolute atomic E-state index is 8.76. The highest BCUT2D eigenvalue weighted by Crippen LogP contribution is 2.35. The number of rotatable bonds is 1. The Morgan fingerprint density at radius 2 is 0.964 bits per heavy atom. The van der Waals surface area contributed by atoms with E-state index in [-0.39, 0.29) is 27.5 Å². The molecule has 1 aromatic heterocycles. The fourth-order valence-electron chi connectivity index (χ4n) is 7.32. The van der Waals surface area contributed by atoms with E-state index in [0.29, 0.717) is 29.2 Å². The Hall–Kier alpha value is -5.76. The van der Waals surface area contributed by atoms with E-state index in [2.05, 4.69) is 165 Å². The van der Waals surface area contributed by atoms with Gasteiger partial charge in [0.05, 0.1) is 0 Å². The average molecular weight is 741 g/mol. The van der Waals surface area contributed by atoms with Gasteiger partial charge in [-0.05, 0) is 68.2 Å². The standard InChI is InChI=1S/C48H52N8/c1-45(2,3)27-14-13-26-25-50-39(34(26)21-27)52-41-32-19-16-29(47(7,8)9)23-36(32)44(54-41)56-42-33-20-17-30(48(10,11)12)24-37(33)43(55-42)53-40-31-18-15-28(46(4,5)6)22-35(31)38(49)51-40/h13-25,50H,1-12H3,(H2,49,51,52,53,54,55,56). The molecule has 0 radical (unpaired) electrons. The molecule has 0 fully saturated rings. The number of hydrogen-bond donors (Lipinski definition) is 3. The Kier molecular flexibility index (Phi) is 8.39. The Balaban J connectivity index is 1.26. The minimum absolute atomic E-state index is 0.00623. The first-order valence-corrected chi connectivity index (χ1v) is 19.5. The van der Waals surface area contributed by atoms with Gasteiger partial charge in [-0.3, -0.25) is 5.41 Å². The fourth-order valence-corrected chi connectivity index (χ4v) is 7.32. The number of aliphatic imine (C=N–C) groups is 5. The molecule has 284 valence electrons. The molecule has 0 atom stereocenters. The first-order valence-electron chi connectivity index (χ1n) is 19.5. The zero-order chi connectivity index (χ0) is 40.1. The maximum atomic E-state index is 8.76. The lowest BCUT2D eigenvalue weighted by Crippen LogP contribution is -2.25. The van der Waals surface area contributed by atoms with E-state index in [1.807, 2.05) is 12.3 Å². The highest BCUT2D eigenvalue weighted by atomic mass is 15.1. The number of hydrogen-bond acceptors (Lipinski definition) is 4. The van der Waals surface area contributed by atoms with Gasteiger partial charge in [0.2, 0.25) is 0 Å². The molecule has 4 aromatic carbocycles. The molecule has 0 aliphatic carbocycles. The third kappa shape index (κ3) is 6.65. The Bertz CT molecular complexity index is 2650. The summed E-state index contributed by atoms with van der Waals surface area (Å²) in [7, 11) is 0. The van der Waals surface area contributed by atoms with E-state index in [1.54, 1.807) is 0 Å². The van der Waals surface area contributed by atoms with Crippen LogP contribution in [0.15, 0.2) is 104 Å². The van der Waals surface area contributed by atoms with Crippen molar-refractivity contribution in [3.8, 4) is 0 Å². The highest BCUT2D eigenvalue weighted by Gasteiger charge is 2.32. The smallest absolute Gasteiger partial charge is 0.164 e. The Labute approximate surface area is 330 Å². The first-order chi connectivity index (χ1) is 26.1. The zero-order valence-electron chi connectivity index (χ0n) is 34.7. The second-order valence-electron chi connectivity index (χ2n) is 19.4. The summed E-state index contributed by atoms with van der Waals surface area (Å²) < 4.78 is 0. The van der Waals surface area contributed by atoms with Crippen LogP contribution in [0.4, 0.5) is 5.82 Å². The summed E-state index contributed by atoms with van der Waals surface area (Å²) in [6, 6.07) is 25.8. The van der Waals surface area contributed by atoms with Gasteiger partial charge in [-0.25, -0.2) is 25.0 Å². The molecule has 8 heteroatoms. The number of fused-ring (bicyclic) bond motifs is 4. The van der Waals surface area contributed by atoms with E-state index in [0.717, 1.165) is 55.5 Å². The number of aromatic nitrogens is 1. The normalized spacial score (nSPS) is 17.8. The summed E-state index contributed by atoms with van der Waals surface area (Å²) in [5.41, 5.74) is 9.99. The van der Waals surface area contributed by atoms with E-state index in [9.17, 15) is 0 Å². The molecule has 0 spiro atoms. The number of nitrogens with one attached hydrogen (secondary N) is 3. The van der Waals surface area contributed by atoms with Gasteiger partial charge in [0.1, 0.15) is 17.5 Å². The molecule has 4 heterocycles. The fraction of sp³-hybridized carbons (Fsp3) is 0.333. The summed E-state index contributed by atoms with van der Waals surface area (Å²) in [6.07, 6.45) is 2.01. The van der Waals surface area contributed by atoms with Crippen molar-refractivity contribution in [3.63, 3.8) is 0 Å². The van der Waals surface area contributed by atoms with Crippen LogP contribution in [0.2, 0.25) is 0 Å². The molecule has 0 saturated carbocycles. The highest BCUT2D eigenvalue weighted by molar-refractivity contribution is 6.33. The van der Waals surface area contributed by atoms with Crippen LogP contribution in [0, 0.1) is 5.41 Å². The van der Waals surface area contributed by atoms with E-state index in [1.165, 1.54) is 16.7 Å². The zero-order valence-corrected chi connectivity index (χ0v) is 34.7. The van der Waals surface area contributed by atoms with Crippen LogP contribution >= 0.6 is 0 Å². The summed E-state index contributed by atoms with van der Waals surface area (Å²) in [5, 5.41) is 14.5. The van der Waals surface area contributed by atoms with Crippen molar-refractivity contribution in [2.45, 2.75) is 105 Å². The lowest BCUT2D eigenvalue weighted by Gasteiger charge is -2.20. The second-order valence-corrected chi connectivity index (χ2v) is 19.4. The minimum Gasteiger partial charge on any atom is -0.345 e. The number of amidine groups is 6. The third-order valence-electron chi connectivity index (χ3n) is 11.0. The second kappa shape index (κ2) is 12.6. The van der Waals surface area contributed by atoms with E-state index < -0.39 is 0 Å². The number of aromatic amines is 1. The largest absolute Gasteiger partial charge is 0.345 e. The average Bonchev–Trinajstić information content (AvgIpc) is 3.86. The van der Waals surface area contributed by atoms with Crippen molar-refractivity contribution in [2.24, 2.45) is 25.0 Å². The van der Waals surface area contributed by atoms with Crippen molar-refractivity contribution in [3.05, 3.63) is 135 Å². The van der Waals surface area contributed by atoms with Crippen molar-refractivity contribution >= 4 is 51.6 Å². The van der Waals surface area contributed by atoms with Gasteiger partial charge in [0.25, 0.3) is 0 Å². The van der Waals surface area contributed by atoms with Crippen LogP contribution in [0.1, 0.15) is 139 Å². The van der Waals surface area contributed by atoms with Gasteiger partial charge >= 0.3 is 0 Å². The Morgan fingerprint density at radius 3 is 1.57 bits per heavy atom. The molecule has 3 aliphatic rings. The van der Waals surface area contributed by atoms with Crippen LogP contribution in [0.3, 0.4) is 0 Å². The van der Waals surface area contributed by atoms with Gasteiger partial charge in [-0.15, -0.1) is 0 Å². The SMILES string of the molecule is CC(C)(C)c1ccc2c(c1)C(=N)N=C2N=C1NC(=NC2=N/C(=N\c3[nH]cc4ccc(C(C)(C)C)cc34)c3ccc(C(C)(C)C)cc32)c2ccc(C(C)(C)C)cc21. The summed E-state index contributed by atoms with van der Waals surface area (Å²) in [6.45, 7) is 26.5. The number of H-pyrrole nitrogens is 1. The minimum atomic E-state index is -0.0815. The van der Waals surface area contributed by atoms with Crippen molar-refractivity contribution in [2.75, 3.05) is 0 Å². The molecule has 3 aliphatic heterocycles. The Morgan fingerprint density at radius 1 is 0.482 bits per heavy atom. The molecule has 5 aromatic rings. The van der Waals surface area contributed by atoms with Crippen molar-refractivity contribution < 1.29 is 0 Å². The monoisotopic (exact) mass is 740 g/mol. The molecule has 0 unspecified atom stereocenters. The van der Waals surface area contributed by atoms with Crippen LogP contribution in [-0.4, -0.2) is 40.0 Å². The topological polar surface area (TPSA) is 113 Å². The molecular weight excluding hydrogens is 689 g/mol. The van der Waals surface area contributed by atoms with E-state index in [4.69, 9.17) is 25.4 Å². The van der Waals surface area contributed by atoms with Crippen molar-refractivity contribution in [1.82, 2.24) is 10.3 Å². The van der Waals surface area contributed by atoms with Crippen LogP contribution in [0.25, 0.3) is 10.8 Å². The van der Waals surface area contributed by atoms with Crippen molar-refractivity contribution in [1.29, 1.82) is 5.41 Å². The lowest BCUT2D eigenvalue weighted by atomic mass is 9.85. The molecule has 8 rings (SSSR count). The lowest BCUT2D eigenvalue weighted by molar-refractivity contribution is 0.590. The van der Waals surface area contributed by atoms with Crippen LogP contribution in [-0.2, 0) is 21.7 Å². The first kappa shape index (κ1) is 37.2. The maximum Gasteiger partial charge on any atom is 0.164 e. The predicted octanol–water partition coefficient (Wildman–Crippen LogP) is 10.8. The van der Waals surface area contributed by atoms with Gasteiger partial charge in [0, 0.05) is 50.4 Å². The number of nitrogens with zero attached hydrogens (tertiary/aromatic N) is 5. The molecule has 56 heavy (non-hydrogen) atoms. The van der Waals surface area contributed by atoms with Gasteiger partial charge < -0.3 is 10.3 Å². The molecule has 8 nitrogen and oxygen atoms in total. The number of benzene rings is 4. The quantitative estimate of drug-likeness (QED) is 0.156. The molecule has 3 N–H and O–H groups in total. The van der Waals surface area contributed by atoms with E-state index >= 15 is 0 Å². The molecule has 0 bridgehead atoms. The summed E-state index contributed by atoms with van der Waals surface area (Å²) in [4.78, 5) is 28.8. The van der Waals surface area contributed by atoms with Crippen LogP contribution < -0.4 is 5.32 Å². The van der Waals surface area contributed by atoms with Gasteiger partial charge in [-0.1, -0.05) is 132 Å². The summed E-state index contributed by atoms with van der Waals surface area (Å²) in [5.74, 6) is 4.02. The predicted molar refractivity (Wildman–Crippen MR) is 235 cm³/mol. The van der Waals surface area contributed by atoms with Gasteiger partial charge in [-0.2, -0.15) is 0 Å². The third-order valence-corrected chi connectivity index (χ3v) is 11.0. The molecule has 0 amide bonds.